The van der Waals surface area contributed by atoms with E-state index < -0.39 is 5.41 Å². The molecule has 6 heteroatoms. The fourth-order valence-electron chi connectivity index (χ4n) is 2.41. The molecule has 1 aliphatic rings. The second-order valence-corrected chi connectivity index (χ2v) is 6.62. The molecule has 0 atom stereocenters. The number of amides is 2. The lowest BCUT2D eigenvalue weighted by Gasteiger charge is -2.28. The number of aromatic nitrogens is 1. The van der Waals surface area contributed by atoms with E-state index in [9.17, 15) is 14.4 Å². The van der Waals surface area contributed by atoms with Crippen molar-refractivity contribution in [2.45, 2.75) is 39.7 Å². The standard InChI is InChI=1S/C17H25N3O3/c1-17(2,16(23)19-12-13-6-5-7-13)15(22)18-9-11-20-10-4-3-8-14(20)21/h3-4,8,10,13H,5-7,9,11-12H2,1-2H3,(H,18,22)(H,19,23). The van der Waals surface area contributed by atoms with Gasteiger partial charge in [-0.2, -0.15) is 0 Å². The summed E-state index contributed by atoms with van der Waals surface area (Å²) in [6, 6.07) is 4.91. The average Bonchev–Trinajstić information content (AvgIpc) is 2.47. The van der Waals surface area contributed by atoms with Crippen molar-refractivity contribution in [1.29, 1.82) is 0 Å². The molecule has 2 N–H and O–H groups in total. The van der Waals surface area contributed by atoms with E-state index in [0.29, 0.717) is 25.6 Å². The van der Waals surface area contributed by atoms with Gasteiger partial charge in [0.15, 0.2) is 0 Å². The van der Waals surface area contributed by atoms with Crippen LogP contribution >= 0.6 is 0 Å². The van der Waals surface area contributed by atoms with Gasteiger partial charge in [0.05, 0.1) is 0 Å². The van der Waals surface area contributed by atoms with Gasteiger partial charge >= 0.3 is 0 Å². The summed E-state index contributed by atoms with van der Waals surface area (Å²) < 4.78 is 1.52. The van der Waals surface area contributed by atoms with Crippen LogP contribution in [0, 0.1) is 11.3 Å². The second-order valence-electron chi connectivity index (χ2n) is 6.62. The van der Waals surface area contributed by atoms with E-state index in [1.807, 2.05) is 0 Å². The molecular formula is C17H25N3O3. The lowest BCUT2D eigenvalue weighted by molar-refractivity contribution is -0.141. The fraction of sp³-hybridized carbons (Fsp3) is 0.588. The molecule has 2 rings (SSSR count). The van der Waals surface area contributed by atoms with Crippen LogP contribution in [0.4, 0.5) is 0 Å². The van der Waals surface area contributed by atoms with Gasteiger partial charge in [0.2, 0.25) is 11.8 Å². The highest BCUT2D eigenvalue weighted by Crippen LogP contribution is 2.25. The topological polar surface area (TPSA) is 80.2 Å². The van der Waals surface area contributed by atoms with Crippen molar-refractivity contribution < 1.29 is 9.59 Å². The smallest absolute Gasteiger partial charge is 0.250 e. The molecular weight excluding hydrogens is 294 g/mol. The predicted molar refractivity (Wildman–Crippen MR) is 87.8 cm³/mol. The first-order valence-electron chi connectivity index (χ1n) is 8.13. The largest absolute Gasteiger partial charge is 0.355 e. The van der Waals surface area contributed by atoms with Crippen molar-refractivity contribution in [3.63, 3.8) is 0 Å². The van der Waals surface area contributed by atoms with E-state index in [1.165, 1.54) is 17.1 Å². The Kier molecular flexibility index (Phi) is 5.58. The molecule has 1 aliphatic carbocycles. The maximum absolute atomic E-state index is 12.3. The van der Waals surface area contributed by atoms with E-state index in [0.717, 1.165) is 12.8 Å². The van der Waals surface area contributed by atoms with Gasteiger partial charge in [-0.1, -0.05) is 12.5 Å². The fourth-order valence-corrected chi connectivity index (χ4v) is 2.41. The van der Waals surface area contributed by atoms with Gasteiger partial charge in [-0.3, -0.25) is 14.4 Å². The zero-order chi connectivity index (χ0) is 16.9. The number of hydrogen-bond acceptors (Lipinski definition) is 3. The second kappa shape index (κ2) is 7.44. The summed E-state index contributed by atoms with van der Waals surface area (Å²) in [4.78, 5) is 36.0. The van der Waals surface area contributed by atoms with Gasteiger partial charge in [0.1, 0.15) is 5.41 Å². The number of carbonyl (C=O) groups is 2. The monoisotopic (exact) mass is 319 g/mol. The van der Waals surface area contributed by atoms with Crippen molar-refractivity contribution >= 4 is 11.8 Å². The van der Waals surface area contributed by atoms with Crippen molar-refractivity contribution in [3.8, 4) is 0 Å². The number of rotatable bonds is 7. The quantitative estimate of drug-likeness (QED) is 0.733. The zero-order valence-corrected chi connectivity index (χ0v) is 13.8. The van der Waals surface area contributed by atoms with E-state index in [4.69, 9.17) is 0 Å². The van der Waals surface area contributed by atoms with Crippen LogP contribution in [-0.2, 0) is 16.1 Å². The van der Waals surface area contributed by atoms with Crippen LogP contribution in [0.5, 0.6) is 0 Å². The summed E-state index contributed by atoms with van der Waals surface area (Å²) in [5, 5.41) is 5.60. The van der Waals surface area contributed by atoms with Crippen LogP contribution in [0.3, 0.4) is 0 Å². The summed E-state index contributed by atoms with van der Waals surface area (Å²) in [7, 11) is 0. The molecule has 1 saturated carbocycles. The SMILES string of the molecule is CC(C)(C(=O)NCCn1ccccc1=O)C(=O)NCC1CCC1. The van der Waals surface area contributed by atoms with E-state index >= 15 is 0 Å². The molecule has 23 heavy (non-hydrogen) atoms. The summed E-state index contributed by atoms with van der Waals surface area (Å²) >= 11 is 0. The molecule has 0 aromatic carbocycles. The third-order valence-corrected chi connectivity index (χ3v) is 4.45. The minimum Gasteiger partial charge on any atom is -0.355 e. The molecule has 1 aromatic heterocycles. The van der Waals surface area contributed by atoms with Crippen molar-refractivity contribution in [3.05, 3.63) is 34.7 Å². The Hall–Kier alpha value is -2.11. The third-order valence-electron chi connectivity index (χ3n) is 4.45. The Labute approximate surface area is 136 Å². The molecule has 0 radical (unpaired) electrons. The highest BCUT2D eigenvalue weighted by atomic mass is 16.2. The van der Waals surface area contributed by atoms with Crippen LogP contribution in [0.1, 0.15) is 33.1 Å². The lowest BCUT2D eigenvalue weighted by Crippen LogP contribution is -2.49. The Morgan fingerprint density at radius 1 is 1.22 bits per heavy atom. The van der Waals surface area contributed by atoms with Gasteiger partial charge < -0.3 is 15.2 Å². The summed E-state index contributed by atoms with van der Waals surface area (Å²) in [5.41, 5.74) is -1.23. The number of hydrogen-bond donors (Lipinski definition) is 2. The number of nitrogens with zero attached hydrogens (tertiary/aromatic N) is 1. The van der Waals surface area contributed by atoms with Crippen LogP contribution in [0.2, 0.25) is 0 Å². The highest BCUT2D eigenvalue weighted by molar-refractivity contribution is 6.04. The van der Waals surface area contributed by atoms with Crippen LogP contribution in [0.25, 0.3) is 0 Å². The summed E-state index contributed by atoms with van der Waals surface area (Å²) in [6.07, 6.45) is 5.20. The van der Waals surface area contributed by atoms with Gasteiger partial charge in [0.25, 0.3) is 5.56 Å². The number of pyridine rings is 1. The molecule has 2 amide bonds. The maximum Gasteiger partial charge on any atom is 0.250 e. The minimum absolute atomic E-state index is 0.112. The molecule has 126 valence electrons. The van der Waals surface area contributed by atoms with Crippen molar-refractivity contribution in [1.82, 2.24) is 15.2 Å². The van der Waals surface area contributed by atoms with Crippen LogP contribution in [0.15, 0.2) is 29.2 Å². The molecule has 1 aromatic rings. The van der Waals surface area contributed by atoms with Crippen LogP contribution < -0.4 is 16.2 Å². The summed E-state index contributed by atoms with van der Waals surface area (Å²) in [5.74, 6) is -0.0193. The Morgan fingerprint density at radius 2 is 1.91 bits per heavy atom. The number of carbonyl (C=O) groups excluding carboxylic acids is 2. The van der Waals surface area contributed by atoms with E-state index in [1.54, 1.807) is 32.2 Å². The zero-order valence-electron chi connectivity index (χ0n) is 13.8. The third kappa shape index (κ3) is 4.43. The van der Waals surface area contributed by atoms with Crippen LogP contribution in [-0.4, -0.2) is 29.5 Å². The van der Waals surface area contributed by atoms with Crippen molar-refractivity contribution in [2.24, 2.45) is 11.3 Å². The first kappa shape index (κ1) is 17.2. The average molecular weight is 319 g/mol. The minimum atomic E-state index is -1.12. The van der Waals surface area contributed by atoms with Gasteiger partial charge in [-0.05, 0) is 38.7 Å². The molecule has 0 saturated heterocycles. The Morgan fingerprint density at radius 3 is 2.52 bits per heavy atom. The first-order valence-corrected chi connectivity index (χ1v) is 8.13. The first-order chi connectivity index (χ1) is 10.9. The normalized spacial score (nSPS) is 14.9. The molecule has 0 aliphatic heterocycles. The molecule has 0 bridgehead atoms. The van der Waals surface area contributed by atoms with E-state index in [-0.39, 0.29) is 17.4 Å². The Bertz CT molecular complexity index is 618. The summed E-state index contributed by atoms with van der Waals surface area (Å²) in [6.45, 7) is 4.57. The van der Waals surface area contributed by atoms with Crippen molar-refractivity contribution in [2.75, 3.05) is 13.1 Å². The van der Waals surface area contributed by atoms with Gasteiger partial charge in [0, 0.05) is 31.9 Å². The molecule has 6 nitrogen and oxygen atoms in total. The molecule has 1 fully saturated rings. The molecule has 0 spiro atoms. The predicted octanol–water partition coefficient (Wildman–Crippen LogP) is 0.907. The maximum atomic E-state index is 12.3. The number of nitrogens with one attached hydrogen (secondary N) is 2. The van der Waals surface area contributed by atoms with E-state index in [2.05, 4.69) is 10.6 Å². The Balaban J connectivity index is 1.79. The molecule has 1 heterocycles. The highest BCUT2D eigenvalue weighted by Gasteiger charge is 2.36. The molecule has 0 unspecified atom stereocenters. The lowest BCUT2D eigenvalue weighted by atomic mass is 9.84. The van der Waals surface area contributed by atoms with Gasteiger partial charge in [-0.25, -0.2) is 0 Å². The van der Waals surface area contributed by atoms with Gasteiger partial charge in [-0.15, -0.1) is 0 Å².